The molecular formula is C23H23F3N2O5S. The van der Waals surface area contributed by atoms with Gasteiger partial charge in [0, 0.05) is 10.6 Å². The maximum Gasteiger partial charge on any atom is 0.416 e. The first-order valence-electron chi connectivity index (χ1n) is 10.2. The molecule has 0 saturated heterocycles. The van der Waals surface area contributed by atoms with Gasteiger partial charge in [-0.3, -0.25) is 4.79 Å². The van der Waals surface area contributed by atoms with E-state index < -0.39 is 41.4 Å². The van der Waals surface area contributed by atoms with E-state index in [9.17, 15) is 32.7 Å². The molecule has 1 aliphatic rings. The molecule has 34 heavy (non-hydrogen) atoms. The van der Waals surface area contributed by atoms with Crippen molar-refractivity contribution in [3.63, 3.8) is 0 Å². The summed E-state index contributed by atoms with van der Waals surface area (Å²) in [6.45, 7) is 4.91. The van der Waals surface area contributed by atoms with E-state index in [1.165, 1.54) is 40.9 Å². The molecule has 0 saturated carbocycles. The minimum absolute atomic E-state index is 0.0527. The van der Waals surface area contributed by atoms with Crippen LogP contribution in [0.4, 0.5) is 23.7 Å². The lowest BCUT2D eigenvalue weighted by atomic mass is 10.1. The Bertz CT molecular complexity index is 1100. The van der Waals surface area contributed by atoms with Crippen LogP contribution in [0.2, 0.25) is 0 Å². The molecule has 1 heterocycles. The van der Waals surface area contributed by atoms with Gasteiger partial charge in [0.25, 0.3) is 5.91 Å². The van der Waals surface area contributed by atoms with Gasteiger partial charge in [-0.1, -0.05) is 12.1 Å². The first kappa shape index (κ1) is 25.4. The SMILES string of the molecule is CC(C)(C)OC(=O)N[C@H]1CSc2ccc(C(=O)O)cc2N(Cc2ccc(C(F)(F)F)cc2)C1=O. The number of amides is 2. The largest absolute Gasteiger partial charge is 0.478 e. The van der Waals surface area contributed by atoms with E-state index in [2.05, 4.69) is 5.32 Å². The third-order valence-corrected chi connectivity index (χ3v) is 5.94. The Balaban J connectivity index is 1.96. The van der Waals surface area contributed by atoms with Gasteiger partial charge in [-0.15, -0.1) is 11.8 Å². The molecule has 0 unspecified atom stereocenters. The zero-order valence-corrected chi connectivity index (χ0v) is 19.4. The fourth-order valence-electron chi connectivity index (χ4n) is 3.23. The number of nitrogens with zero attached hydrogens (tertiary/aromatic N) is 1. The van der Waals surface area contributed by atoms with E-state index in [1.807, 2.05) is 0 Å². The molecule has 0 fully saturated rings. The highest BCUT2D eigenvalue weighted by Crippen LogP contribution is 2.37. The molecule has 3 rings (SSSR count). The number of thioether (sulfide) groups is 1. The van der Waals surface area contributed by atoms with Crippen molar-refractivity contribution in [2.75, 3.05) is 10.7 Å². The van der Waals surface area contributed by atoms with Gasteiger partial charge in [-0.2, -0.15) is 13.2 Å². The number of carboxylic acid groups (broad SMARTS) is 1. The molecule has 2 aromatic carbocycles. The molecule has 2 amide bonds. The number of carboxylic acids is 1. The van der Waals surface area contributed by atoms with E-state index in [1.54, 1.807) is 26.8 Å². The van der Waals surface area contributed by atoms with E-state index in [0.717, 1.165) is 12.1 Å². The fraction of sp³-hybridized carbons (Fsp3) is 0.348. The summed E-state index contributed by atoms with van der Waals surface area (Å²) in [6.07, 6.45) is -5.29. The Labute approximate surface area is 198 Å². The molecule has 0 aromatic heterocycles. The molecule has 1 aliphatic heterocycles. The van der Waals surface area contributed by atoms with Gasteiger partial charge in [0.1, 0.15) is 11.6 Å². The molecule has 0 aliphatic carbocycles. The maximum absolute atomic E-state index is 13.4. The average Bonchev–Trinajstić information content (AvgIpc) is 2.84. The van der Waals surface area contributed by atoms with Crippen molar-refractivity contribution in [2.24, 2.45) is 0 Å². The number of hydrogen-bond acceptors (Lipinski definition) is 5. The van der Waals surface area contributed by atoms with Crippen LogP contribution in [0, 0.1) is 0 Å². The monoisotopic (exact) mass is 496 g/mol. The minimum atomic E-state index is -4.50. The molecule has 7 nitrogen and oxygen atoms in total. The van der Waals surface area contributed by atoms with Crippen LogP contribution < -0.4 is 10.2 Å². The Morgan fingerprint density at radius 1 is 1.15 bits per heavy atom. The molecule has 2 N–H and O–H groups in total. The van der Waals surface area contributed by atoms with Crippen LogP contribution in [-0.2, 0) is 22.3 Å². The third kappa shape index (κ3) is 6.22. The predicted octanol–water partition coefficient (Wildman–Crippen LogP) is 4.94. The maximum atomic E-state index is 13.4. The van der Waals surface area contributed by atoms with Crippen LogP contribution in [0.15, 0.2) is 47.4 Å². The molecule has 0 radical (unpaired) electrons. The van der Waals surface area contributed by atoms with Crippen LogP contribution in [-0.4, -0.2) is 40.5 Å². The summed E-state index contributed by atoms with van der Waals surface area (Å²) in [7, 11) is 0. The first-order valence-corrected chi connectivity index (χ1v) is 11.2. The van der Waals surface area contributed by atoms with Crippen molar-refractivity contribution in [1.82, 2.24) is 5.32 Å². The molecular weight excluding hydrogens is 473 g/mol. The second-order valence-electron chi connectivity index (χ2n) is 8.62. The molecule has 11 heteroatoms. The van der Waals surface area contributed by atoms with E-state index in [0.29, 0.717) is 16.1 Å². The summed E-state index contributed by atoms with van der Waals surface area (Å²) in [6, 6.07) is 7.63. The van der Waals surface area contributed by atoms with E-state index in [-0.39, 0.29) is 17.9 Å². The fourth-order valence-corrected chi connectivity index (χ4v) is 4.29. The van der Waals surface area contributed by atoms with Crippen molar-refractivity contribution in [3.05, 3.63) is 59.2 Å². The highest BCUT2D eigenvalue weighted by molar-refractivity contribution is 7.99. The van der Waals surface area contributed by atoms with Crippen molar-refractivity contribution >= 4 is 35.4 Å². The third-order valence-electron chi connectivity index (χ3n) is 4.78. The predicted molar refractivity (Wildman–Crippen MR) is 120 cm³/mol. The zero-order chi connectivity index (χ0) is 25.3. The van der Waals surface area contributed by atoms with Crippen molar-refractivity contribution in [1.29, 1.82) is 0 Å². The van der Waals surface area contributed by atoms with Crippen molar-refractivity contribution in [3.8, 4) is 0 Å². The number of halogens is 3. The number of nitrogens with one attached hydrogen (secondary N) is 1. The van der Waals surface area contributed by atoms with Gasteiger partial charge in [-0.05, 0) is 56.7 Å². The van der Waals surface area contributed by atoms with Crippen LogP contribution in [0.5, 0.6) is 0 Å². The number of alkyl carbamates (subject to hydrolysis) is 1. The van der Waals surface area contributed by atoms with Crippen molar-refractivity contribution < 1.29 is 37.4 Å². The van der Waals surface area contributed by atoms with E-state index in [4.69, 9.17) is 4.74 Å². The quantitative estimate of drug-likeness (QED) is 0.623. The highest BCUT2D eigenvalue weighted by atomic mass is 32.2. The van der Waals surface area contributed by atoms with Crippen molar-refractivity contribution in [2.45, 2.75) is 50.0 Å². The molecule has 1 atom stereocenters. The number of fused-ring (bicyclic) bond motifs is 1. The number of hydrogen-bond donors (Lipinski definition) is 2. The lowest BCUT2D eigenvalue weighted by molar-refractivity contribution is -0.137. The minimum Gasteiger partial charge on any atom is -0.478 e. The standard InChI is InChI=1S/C23H23F3N2O5S/c1-22(2,3)33-21(32)27-16-12-34-18-9-6-14(20(30)31)10-17(18)28(19(16)29)11-13-4-7-15(8-5-13)23(24,25)26/h4-10,16H,11-12H2,1-3H3,(H,27,32)(H,30,31)/t16-/m0/s1. The Morgan fingerprint density at radius 2 is 1.79 bits per heavy atom. The summed E-state index contributed by atoms with van der Waals surface area (Å²) in [4.78, 5) is 39.1. The molecule has 2 aromatic rings. The summed E-state index contributed by atoms with van der Waals surface area (Å²) >= 11 is 1.25. The lowest BCUT2D eigenvalue weighted by Crippen LogP contribution is -2.50. The summed E-state index contributed by atoms with van der Waals surface area (Å²) in [5.74, 6) is -1.58. The molecule has 0 bridgehead atoms. The number of aromatic carboxylic acids is 1. The number of anilines is 1. The van der Waals surface area contributed by atoms with Crippen LogP contribution in [0.3, 0.4) is 0 Å². The summed E-state index contributed by atoms with van der Waals surface area (Å²) < 4.78 is 44.0. The van der Waals surface area contributed by atoms with Gasteiger partial charge in [0.05, 0.1) is 23.4 Å². The Kier molecular flexibility index (Phi) is 7.15. The van der Waals surface area contributed by atoms with Crippen LogP contribution in [0.25, 0.3) is 0 Å². The smallest absolute Gasteiger partial charge is 0.416 e. The van der Waals surface area contributed by atoms with Gasteiger partial charge in [0.2, 0.25) is 0 Å². The molecule has 182 valence electrons. The van der Waals surface area contributed by atoms with Crippen LogP contribution in [0.1, 0.15) is 42.3 Å². The highest BCUT2D eigenvalue weighted by Gasteiger charge is 2.34. The van der Waals surface area contributed by atoms with Gasteiger partial charge >= 0.3 is 18.2 Å². The number of carbonyl (C=O) groups excluding carboxylic acids is 2. The topological polar surface area (TPSA) is 95.9 Å². The lowest BCUT2D eigenvalue weighted by Gasteiger charge is -2.27. The second kappa shape index (κ2) is 9.57. The van der Waals surface area contributed by atoms with Crippen LogP contribution >= 0.6 is 11.8 Å². The average molecular weight is 497 g/mol. The first-order chi connectivity index (χ1) is 15.7. The second-order valence-corrected chi connectivity index (χ2v) is 9.68. The number of carbonyl (C=O) groups is 3. The zero-order valence-electron chi connectivity index (χ0n) is 18.6. The molecule has 0 spiro atoms. The number of benzene rings is 2. The number of ether oxygens (including phenoxy) is 1. The number of alkyl halides is 3. The van der Waals surface area contributed by atoms with Gasteiger partial charge < -0.3 is 20.1 Å². The summed E-state index contributed by atoms with van der Waals surface area (Å²) in [5.41, 5.74) is -0.973. The summed E-state index contributed by atoms with van der Waals surface area (Å²) in [5, 5.41) is 11.9. The van der Waals surface area contributed by atoms with Gasteiger partial charge in [0.15, 0.2) is 0 Å². The normalized spacial score (nSPS) is 16.5. The van der Waals surface area contributed by atoms with E-state index >= 15 is 0 Å². The Hall–Kier alpha value is -3.21. The van der Waals surface area contributed by atoms with Gasteiger partial charge in [-0.25, -0.2) is 9.59 Å². The Morgan fingerprint density at radius 3 is 2.35 bits per heavy atom. The number of rotatable bonds is 4.